The molecule has 0 saturated heterocycles. The molecule has 0 bridgehead atoms. The topological polar surface area (TPSA) is 22.1 Å². The summed E-state index contributed by atoms with van der Waals surface area (Å²) in [7, 11) is 0. The predicted molar refractivity (Wildman–Crippen MR) is 69.3 cm³/mol. The van der Waals surface area contributed by atoms with Gasteiger partial charge in [-0.3, -0.25) is 4.98 Å². The molecule has 0 fully saturated rings. The number of hydrogen-bond acceptors (Lipinski definition) is 2. The number of aromatic nitrogens is 1. The third-order valence-electron chi connectivity index (χ3n) is 2.41. The number of benzene rings is 1. The van der Waals surface area contributed by atoms with E-state index in [1.807, 2.05) is 43.6 Å². The molecule has 0 aliphatic heterocycles. The highest BCUT2D eigenvalue weighted by atomic mass is 35.5. The van der Waals surface area contributed by atoms with Gasteiger partial charge in [0.15, 0.2) is 0 Å². The first-order chi connectivity index (χ1) is 8.28. The van der Waals surface area contributed by atoms with E-state index in [0.29, 0.717) is 12.5 Å². The van der Waals surface area contributed by atoms with Gasteiger partial charge in [-0.05, 0) is 36.2 Å². The van der Waals surface area contributed by atoms with E-state index in [2.05, 4.69) is 11.1 Å². The van der Waals surface area contributed by atoms with Crippen LogP contribution in [-0.2, 0) is 12.5 Å². The van der Waals surface area contributed by atoms with Crippen LogP contribution in [0, 0.1) is 6.92 Å². The molecule has 0 spiro atoms. The molecule has 0 radical (unpaired) electrons. The molecule has 88 valence electrons. The second kappa shape index (κ2) is 5.69. The van der Waals surface area contributed by atoms with Gasteiger partial charge in [-0.1, -0.05) is 12.1 Å². The van der Waals surface area contributed by atoms with E-state index in [4.69, 9.17) is 16.3 Å². The number of rotatable bonds is 4. The van der Waals surface area contributed by atoms with Crippen molar-refractivity contribution < 1.29 is 4.74 Å². The van der Waals surface area contributed by atoms with Crippen molar-refractivity contribution in [3.63, 3.8) is 0 Å². The Balaban J connectivity index is 1.97. The lowest BCUT2D eigenvalue weighted by atomic mass is 10.2. The number of nitrogens with zero attached hydrogens (tertiary/aromatic N) is 1. The van der Waals surface area contributed by atoms with Gasteiger partial charge in [0, 0.05) is 23.8 Å². The molecule has 2 rings (SSSR count). The molecule has 0 N–H and O–H groups in total. The minimum atomic E-state index is 0.530. The maximum absolute atomic E-state index is 5.72. The van der Waals surface area contributed by atoms with E-state index in [0.717, 1.165) is 22.4 Å². The summed E-state index contributed by atoms with van der Waals surface area (Å²) in [6, 6.07) is 9.87. The van der Waals surface area contributed by atoms with Crippen molar-refractivity contribution in [2.24, 2.45) is 0 Å². The number of hydrogen-bond donors (Lipinski definition) is 0. The lowest BCUT2D eigenvalue weighted by Gasteiger charge is -2.06. The Labute approximate surface area is 106 Å². The summed E-state index contributed by atoms with van der Waals surface area (Å²) in [5.74, 6) is 1.38. The Hall–Kier alpha value is -1.54. The van der Waals surface area contributed by atoms with Crippen molar-refractivity contribution >= 4 is 11.6 Å². The van der Waals surface area contributed by atoms with Gasteiger partial charge in [0.05, 0.1) is 0 Å². The average Bonchev–Trinajstić information content (AvgIpc) is 2.37. The van der Waals surface area contributed by atoms with Crippen molar-refractivity contribution in [1.82, 2.24) is 4.98 Å². The van der Waals surface area contributed by atoms with Gasteiger partial charge in [0.25, 0.3) is 0 Å². The minimum absolute atomic E-state index is 0.530. The molecule has 0 saturated carbocycles. The summed E-state index contributed by atoms with van der Waals surface area (Å²) in [6.45, 7) is 2.56. The molecule has 0 atom stereocenters. The molecule has 17 heavy (non-hydrogen) atoms. The highest BCUT2D eigenvalue weighted by molar-refractivity contribution is 6.17. The summed E-state index contributed by atoms with van der Waals surface area (Å²) in [5, 5.41) is 0. The molecular formula is C14H14ClNO. The molecule has 0 amide bonds. The number of halogens is 1. The molecule has 0 unspecified atom stereocenters. The molecule has 1 heterocycles. The van der Waals surface area contributed by atoms with Crippen molar-refractivity contribution in [3.8, 4) is 5.75 Å². The molecule has 1 aromatic heterocycles. The fourth-order valence-electron chi connectivity index (χ4n) is 1.54. The zero-order chi connectivity index (χ0) is 12.1. The molecule has 1 aromatic carbocycles. The van der Waals surface area contributed by atoms with E-state index < -0.39 is 0 Å². The number of pyridine rings is 1. The molecule has 0 aliphatic carbocycles. The maximum atomic E-state index is 5.72. The second-order valence-electron chi connectivity index (χ2n) is 3.94. The van der Waals surface area contributed by atoms with Crippen LogP contribution in [0.2, 0.25) is 0 Å². The van der Waals surface area contributed by atoms with Crippen molar-refractivity contribution in [2.75, 3.05) is 0 Å². The highest BCUT2D eigenvalue weighted by Gasteiger charge is 1.97. The van der Waals surface area contributed by atoms with Crippen LogP contribution in [0.15, 0.2) is 42.7 Å². The van der Waals surface area contributed by atoms with Gasteiger partial charge >= 0.3 is 0 Å². The van der Waals surface area contributed by atoms with Gasteiger partial charge < -0.3 is 4.74 Å². The fraction of sp³-hybridized carbons (Fsp3) is 0.214. The molecule has 3 heteroatoms. The van der Waals surface area contributed by atoms with E-state index >= 15 is 0 Å². The monoisotopic (exact) mass is 247 g/mol. The summed E-state index contributed by atoms with van der Waals surface area (Å²) in [4.78, 5) is 4.13. The first-order valence-electron chi connectivity index (χ1n) is 5.46. The van der Waals surface area contributed by atoms with Crippen LogP contribution in [0.3, 0.4) is 0 Å². The minimum Gasteiger partial charge on any atom is -0.489 e. The average molecular weight is 248 g/mol. The molecule has 2 nitrogen and oxygen atoms in total. The van der Waals surface area contributed by atoms with Crippen LogP contribution in [0.4, 0.5) is 0 Å². The number of ether oxygens (including phenoxy) is 1. The van der Waals surface area contributed by atoms with Crippen LogP contribution in [0.25, 0.3) is 0 Å². The van der Waals surface area contributed by atoms with Gasteiger partial charge in [-0.2, -0.15) is 0 Å². The summed E-state index contributed by atoms with van der Waals surface area (Å²) < 4.78 is 5.66. The number of alkyl halides is 1. The first-order valence-corrected chi connectivity index (χ1v) is 5.99. The van der Waals surface area contributed by atoms with Crippen LogP contribution < -0.4 is 4.74 Å². The summed E-state index contributed by atoms with van der Waals surface area (Å²) >= 11 is 5.72. The Morgan fingerprint density at radius 2 is 1.88 bits per heavy atom. The first kappa shape index (κ1) is 11.9. The van der Waals surface area contributed by atoms with E-state index in [-0.39, 0.29) is 0 Å². The lowest BCUT2D eigenvalue weighted by Crippen LogP contribution is -1.96. The van der Waals surface area contributed by atoms with Gasteiger partial charge in [-0.15, -0.1) is 11.6 Å². The standard InChI is InChI=1S/C14H14ClNO/c1-11-6-13(9-16-8-11)10-17-14-4-2-12(7-15)3-5-14/h2-6,8-9H,7,10H2,1H3. The maximum Gasteiger partial charge on any atom is 0.119 e. The zero-order valence-corrected chi connectivity index (χ0v) is 10.4. The predicted octanol–water partition coefficient (Wildman–Crippen LogP) is 3.71. The summed E-state index contributed by atoms with van der Waals surface area (Å²) in [5.41, 5.74) is 3.31. The van der Waals surface area contributed by atoms with Gasteiger partial charge in [0.2, 0.25) is 0 Å². The molecule has 2 aromatic rings. The third-order valence-corrected chi connectivity index (χ3v) is 2.72. The normalized spacial score (nSPS) is 10.2. The van der Waals surface area contributed by atoms with Crippen LogP contribution in [-0.4, -0.2) is 4.98 Å². The van der Waals surface area contributed by atoms with Crippen LogP contribution >= 0.6 is 11.6 Å². The van der Waals surface area contributed by atoms with Gasteiger partial charge in [0.1, 0.15) is 12.4 Å². The van der Waals surface area contributed by atoms with E-state index in [1.54, 1.807) is 0 Å². The van der Waals surface area contributed by atoms with Crippen molar-refractivity contribution in [1.29, 1.82) is 0 Å². The Kier molecular flexibility index (Phi) is 3.99. The number of aryl methyl sites for hydroxylation is 1. The molecule has 0 aliphatic rings. The van der Waals surface area contributed by atoms with Crippen molar-refractivity contribution in [3.05, 3.63) is 59.4 Å². The smallest absolute Gasteiger partial charge is 0.119 e. The summed E-state index contributed by atoms with van der Waals surface area (Å²) in [6.07, 6.45) is 3.65. The lowest BCUT2D eigenvalue weighted by molar-refractivity contribution is 0.305. The Morgan fingerprint density at radius 3 is 2.53 bits per heavy atom. The van der Waals surface area contributed by atoms with Gasteiger partial charge in [-0.25, -0.2) is 0 Å². The van der Waals surface area contributed by atoms with Crippen molar-refractivity contribution in [2.45, 2.75) is 19.4 Å². The highest BCUT2D eigenvalue weighted by Crippen LogP contribution is 2.15. The van der Waals surface area contributed by atoms with E-state index in [9.17, 15) is 0 Å². The van der Waals surface area contributed by atoms with Crippen LogP contribution in [0.1, 0.15) is 16.7 Å². The van der Waals surface area contributed by atoms with E-state index in [1.165, 1.54) is 0 Å². The Morgan fingerprint density at radius 1 is 1.12 bits per heavy atom. The zero-order valence-electron chi connectivity index (χ0n) is 9.69. The van der Waals surface area contributed by atoms with Crippen LogP contribution in [0.5, 0.6) is 5.75 Å². The largest absolute Gasteiger partial charge is 0.489 e. The second-order valence-corrected chi connectivity index (χ2v) is 4.20. The third kappa shape index (κ3) is 3.46. The Bertz CT molecular complexity index is 482. The SMILES string of the molecule is Cc1cncc(COc2ccc(CCl)cc2)c1. The quantitative estimate of drug-likeness (QED) is 0.769. The fourth-order valence-corrected chi connectivity index (χ4v) is 1.72. The molecular weight excluding hydrogens is 234 g/mol.